The van der Waals surface area contributed by atoms with Crippen LogP contribution in [0.5, 0.6) is 0 Å². The maximum Gasteiger partial charge on any atom is 0.319 e. The molecule has 0 saturated carbocycles. The molecule has 0 unspecified atom stereocenters. The number of nitrogens with zero attached hydrogens (tertiary/aromatic N) is 1. The number of rotatable bonds is 5. The summed E-state index contributed by atoms with van der Waals surface area (Å²) >= 11 is 11.7. The number of hydrogen-bond donors (Lipinski definition) is 1. The van der Waals surface area contributed by atoms with Crippen LogP contribution in [0.15, 0.2) is 12.1 Å². The van der Waals surface area contributed by atoms with Crippen LogP contribution in [0.2, 0.25) is 10.0 Å². The van der Waals surface area contributed by atoms with E-state index in [1.165, 1.54) is 19.2 Å². The van der Waals surface area contributed by atoms with E-state index in [9.17, 15) is 14.9 Å². The molecule has 0 aliphatic rings. The molecule has 19 heavy (non-hydrogen) atoms. The molecule has 0 aromatic heterocycles. The zero-order chi connectivity index (χ0) is 13.7. The summed E-state index contributed by atoms with van der Waals surface area (Å²) in [6.45, 7) is -0.0265. The lowest BCUT2D eigenvalue weighted by molar-refractivity contribution is -0.385. The van der Waals surface area contributed by atoms with Gasteiger partial charge in [0, 0.05) is 12.6 Å². The zero-order valence-corrected chi connectivity index (χ0v) is 12.1. The van der Waals surface area contributed by atoms with E-state index < -0.39 is 10.9 Å². The summed E-state index contributed by atoms with van der Waals surface area (Å²) < 4.78 is 4.43. The minimum Gasteiger partial charge on any atom is -0.468 e. The highest BCUT2D eigenvalue weighted by Gasteiger charge is 2.19. The normalized spacial score (nSPS) is 9.63. The van der Waals surface area contributed by atoms with Crippen LogP contribution in [0.3, 0.4) is 0 Å². The van der Waals surface area contributed by atoms with Gasteiger partial charge >= 0.3 is 5.97 Å². The number of halogens is 3. The van der Waals surface area contributed by atoms with Crippen molar-refractivity contribution in [2.24, 2.45) is 0 Å². The fraction of sp³-hybridized carbons (Fsp3) is 0.300. The molecule has 1 aromatic carbocycles. The highest BCUT2D eigenvalue weighted by Crippen LogP contribution is 2.32. The average Bonchev–Trinajstić information content (AvgIpc) is 2.33. The van der Waals surface area contributed by atoms with Gasteiger partial charge in [0.2, 0.25) is 0 Å². The Bertz CT molecular complexity index is 482. The number of nitro groups is 1. The number of benzene rings is 1. The minimum absolute atomic E-state index is 0. The molecule has 0 amide bonds. The number of carbonyl (C=O) groups is 1. The molecule has 6 nitrogen and oxygen atoms in total. The molecule has 0 aliphatic heterocycles. The maximum atomic E-state index is 10.9. The first-order valence-corrected chi connectivity index (χ1v) is 5.61. The molecule has 0 heterocycles. The van der Waals surface area contributed by atoms with Gasteiger partial charge in [-0.05, 0) is 6.07 Å². The van der Waals surface area contributed by atoms with Crippen molar-refractivity contribution in [3.05, 3.63) is 37.9 Å². The third-order valence-electron chi connectivity index (χ3n) is 2.17. The van der Waals surface area contributed by atoms with E-state index in [4.69, 9.17) is 23.2 Å². The van der Waals surface area contributed by atoms with Gasteiger partial charge < -0.3 is 10.1 Å². The monoisotopic (exact) mass is 328 g/mol. The molecular weight excluding hydrogens is 318 g/mol. The highest BCUT2D eigenvalue weighted by atomic mass is 35.5. The molecule has 106 valence electrons. The molecule has 0 atom stereocenters. The van der Waals surface area contributed by atoms with E-state index in [-0.39, 0.29) is 46.8 Å². The zero-order valence-electron chi connectivity index (χ0n) is 9.81. The Hall–Kier alpha value is -1.08. The Balaban J connectivity index is 0.00000324. The minimum atomic E-state index is -0.558. The Labute approximate surface area is 125 Å². The number of hydrogen-bond acceptors (Lipinski definition) is 5. The molecule has 0 aliphatic carbocycles. The number of nitrogens with one attached hydrogen (secondary N) is 1. The van der Waals surface area contributed by atoms with Crippen molar-refractivity contribution >= 4 is 47.3 Å². The van der Waals surface area contributed by atoms with Crippen LogP contribution in [0.25, 0.3) is 0 Å². The molecule has 0 radical (unpaired) electrons. The topological polar surface area (TPSA) is 81.5 Å². The predicted octanol–water partition coefficient (Wildman–Crippen LogP) is 2.59. The maximum absolute atomic E-state index is 10.9. The number of nitro benzene ring substituents is 1. The molecule has 0 bridgehead atoms. The van der Waals surface area contributed by atoms with Crippen LogP contribution < -0.4 is 5.32 Å². The summed E-state index contributed by atoms with van der Waals surface area (Å²) in [5.74, 6) is -0.476. The van der Waals surface area contributed by atoms with Crippen LogP contribution >= 0.6 is 35.6 Å². The summed E-state index contributed by atoms with van der Waals surface area (Å²) in [5, 5.41) is 13.8. The second kappa shape index (κ2) is 8.16. The second-order valence-electron chi connectivity index (χ2n) is 3.30. The Kier molecular flexibility index (Phi) is 7.70. The summed E-state index contributed by atoms with van der Waals surface area (Å²) in [6, 6.07) is 2.62. The third kappa shape index (κ3) is 4.83. The average molecular weight is 330 g/mol. The summed E-state index contributed by atoms with van der Waals surface area (Å²) in [4.78, 5) is 21.2. The standard InChI is InChI=1S/C10H10Cl2N2O4.ClH/c1-18-9(15)5-13-4-6-8(14(16)17)3-2-7(11)10(6)12;/h2-3,13H,4-5H2,1H3;1H. The summed E-state index contributed by atoms with van der Waals surface area (Å²) in [7, 11) is 1.25. The van der Waals surface area contributed by atoms with Gasteiger partial charge in [-0.1, -0.05) is 23.2 Å². The van der Waals surface area contributed by atoms with Gasteiger partial charge in [-0.15, -0.1) is 12.4 Å². The van der Waals surface area contributed by atoms with Crippen LogP contribution in [0.4, 0.5) is 5.69 Å². The first-order chi connectivity index (χ1) is 8.47. The lowest BCUT2D eigenvalue weighted by Gasteiger charge is -2.07. The van der Waals surface area contributed by atoms with Gasteiger partial charge in [-0.2, -0.15) is 0 Å². The molecule has 0 saturated heterocycles. The lowest BCUT2D eigenvalue weighted by Crippen LogP contribution is -2.24. The molecule has 1 N–H and O–H groups in total. The smallest absolute Gasteiger partial charge is 0.319 e. The van der Waals surface area contributed by atoms with Crippen molar-refractivity contribution in [3.8, 4) is 0 Å². The van der Waals surface area contributed by atoms with Crippen molar-refractivity contribution in [3.63, 3.8) is 0 Å². The lowest BCUT2D eigenvalue weighted by atomic mass is 10.2. The fourth-order valence-corrected chi connectivity index (χ4v) is 1.69. The summed E-state index contributed by atoms with van der Waals surface area (Å²) in [6.07, 6.45) is 0. The van der Waals surface area contributed by atoms with Gasteiger partial charge in [0.15, 0.2) is 0 Å². The molecular formula is C10H11Cl3N2O4. The largest absolute Gasteiger partial charge is 0.468 e. The number of carbonyl (C=O) groups excluding carboxylic acids is 1. The predicted molar refractivity (Wildman–Crippen MR) is 74.1 cm³/mol. The Morgan fingerprint density at radius 3 is 2.63 bits per heavy atom. The third-order valence-corrected chi connectivity index (χ3v) is 3.01. The van der Waals surface area contributed by atoms with Gasteiger partial charge in [0.1, 0.15) is 0 Å². The second-order valence-corrected chi connectivity index (χ2v) is 4.08. The Morgan fingerprint density at radius 1 is 1.47 bits per heavy atom. The van der Waals surface area contributed by atoms with Crippen molar-refractivity contribution in [2.45, 2.75) is 6.54 Å². The SMILES string of the molecule is COC(=O)CNCc1c([N+](=O)[O-])ccc(Cl)c1Cl.Cl. The quantitative estimate of drug-likeness (QED) is 0.510. The molecule has 1 rings (SSSR count). The molecule has 0 spiro atoms. The first kappa shape index (κ1) is 17.9. The van der Waals surface area contributed by atoms with E-state index in [2.05, 4.69) is 10.1 Å². The van der Waals surface area contributed by atoms with Gasteiger partial charge in [-0.25, -0.2) is 0 Å². The van der Waals surface area contributed by atoms with Crippen molar-refractivity contribution in [2.75, 3.05) is 13.7 Å². The molecule has 1 aromatic rings. The Morgan fingerprint density at radius 2 is 2.11 bits per heavy atom. The number of ether oxygens (including phenoxy) is 1. The van der Waals surface area contributed by atoms with E-state index in [0.717, 1.165) is 0 Å². The first-order valence-electron chi connectivity index (χ1n) is 4.86. The van der Waals surface area contributed by atoms with Crippen molar-refractivity contribution in [1.82, 2.24) is 5.32 Å². The van der Waals surface area contributed by atoms with Crippen LogP contribution in [0.1, 0.15) is 5.56 Å². The van der Waals surface area contributed by atoms with Gasteiger partial charge in [0.05, 0.1) is 34.2 Å². The number of esters is 1. The summed E-state index contributed by atoms with van der Waals surface area (Å²) in [5.41, 5.74) is 0.0832. The van der Waals surface area contributed by atoms with E-state index in [1.54, 1.807) is 0 Å². The molecule has 9 heteroatoms. The van der Waals surface area contributed by atoms with Gasteiger partial charge in [0.25, 0.3) is 5.69 Å². The van der Waals surface area contributed by atoms with E-state index in [1.807, 2.05) is 0 Å². The fourth-order valence-electron chi connectivity index (χ4n) is 1.28. The highest BCUT2D eigenvalue weighted by molar-refractivity contribution is 6.42. The van der Waals surface area contributed by atoms with Crippen molar-refractivity contribution < 1.29 is 14.5 Å². The van der Waals surface area contributed by atoms with Crippen LogP contribution in [0, 0.1) is 10.1 Å². The van der Waals surface area contributed by atoms with Crippen LogP contribution in [-0.2, 0) is 16.1 Å². The molecule has 0 fully saturated rings. The van der Waals surface area contributed by atoms with Crippen molar-refractivity contribution in [1.29, 1.82) is 0 Å². The van der Waals surface area contributed by atoms with E-state index >= 15 is 0 Å². The number of methoxy groups -OCH3 is 1. The van der Waals surface area contributed by atoms with Crippen LogP contribution in [-0.4, -0.2) is 24.5 Å². The van der Waals surface area contributed by atoms with Gasteiger partial charge in [-0.3, -0.25) is 14.9 Å². The van der Waals surface area contributed by atoms with E-state index in [0.29, 0.717) is 0 Å².